The van der Waals surface area contributed by atoms with Crippen molar-refractivity contribution in [2.24, 2.45) is 4.99 Å². The standard InChI is InChI=1S/C21H33NO4Si/c1-7-24-27(25-8-2,26-9-3)15-12-18-11-10-17(4)16-19(18)20-22-21(5,6)13-14-23-20/h10-12,15-16H,7-9,13-14H2,1-6H3/b15-12+. The summed E-state index contributed by atoms with van der Waals surface area (Å²) in [6.45, 7) is 14.5. The minimum Gasteiger partial charge on any atom is -0.477 e. The Labute approximate surface area is 164 Å². The second-order valence-corrected chi connectivity index (χ2v) is 9.56. The van der Waals surface area contributed by atoms with Gasteiger partial charge in [0.15, 0.2) is 0 Å². The minimum atomic E-state index is -2.85. The fourth-order valence-electron chi connectivity index (χ4n) is 2.96. The Balaban J connectivity index is 2.43. The first-order chi connectivity index (χ1) is 12.8. The molecule has 0 unspecified atom stereocenters. The van der Waals surface area contributed by atoms with E-state index in [-0.39, 0.29) is 5.54 Å². The Morgan fingerprint density at radius 1 is 1.11 bits per heavy atom. The van der Waals surface area contributed by atoms with Gasteiger partial charge in [-0.3, -0.25) is 0 Å². The molecule has 2 rings (SSSR count). The van der Waals surface area contributed by atoms with Crippen molar-refractivity contribution >= 4 is 20.8 Å². The summed E-state index contributed by atoms with van der Waals surface area (Å²) < 4.78 is 23.7. The third-order valence-electron chi connectivity index (χ3n) is 4.30. The molecule has 5 nitrogen and oxygen atoms in total. The summed E-state index contributed by atoms with van der Waals surface area (Å²) in [7, 11) is -2.85. The predicted molar refractivity (Wildman–Crippen MR) is 112 cm³/mol. The molecule has 27 heavy (non-hydrogen) atoms. The van der Waals surface area contributed by atoms with E-state index in [1.165, 1.54) is 5.56 Å². The lowest BCUT2D eigenvalue weighted by atomic mass is 9.99. The van der Waals surface area contributed by atoms with E-state index < -0.39 is 8.80 Å². The first-order valence-corrected chi connectivity index (χ1v) is 11.6. The van der Waals surface area contributed by atoms with E-state index in [2.05, 4.69) is 39.0 Å². The van der Waals surface area contributed by atoms with Crippen molar-refractivity contribution in [3.63, 3.8) is 0 Å². The van der Waals surface area contributed by atoms with E-state index in [9.17, 15) is 0 Å². The molecule has 0 aromatic heterocycles. The summed E-state index contributed by atoms with van der Waals surface area (Å²) in [5.74, 6) is 0.700. The van der Waals surface area contributed by atoms with Crippen molar-refractivity contribution in [1.82, 2.24) is 0 Å². The van der Waals surface area contributed by atoms with E-state index >= 15 is 0 Å². The molecule has 0 bridgehead atoms. The SMILES string of the molecule is CCO[Si](/C=C/c1ccc(C)cc1C1=NC(C)(C)CCO1)(OCC)OCC. The molecule has 1 aromatic rings. The second-order valence-electron chi connectivity index (χ2n) is 7.15. The van der Waals surface area contributed by atoms with Gasteiger partial charge in [0.05, 0.1) is 12.1 Å². The number of rotatable bonds is 9. The number of ether oxygens (including phenoxy) is 1. The molecular weight excluding hydrogens is 358 g/mol. The zero-order chi connectivity index (χ0) is 19.9. The van der Waals surface area contributed by atoms with Crippen LogP contribution in [0.5, 0.6) is 0 Å². The van der Waals surface area contributed by atoms with Crippen molar-refractivity contribution in [2.75, 3.05) is 26.4 Å². The normalized spacial score (nSPS) is 17.0. The van der Waals surface area contributed by atoms with Crippen LogP contribution >= 0.6 is 0 Å². The first-order valence-electron chi connectivity index (χ1n) is 9.79. The van der Waals surface area contributed by atoms with Gasteiger partial charge in [-0.15, -0.1) is 0 Å². The van der Waals surface area contributed by atoms with Gasteiger partial charge in [-0.05, 0) is 58.9 Å². The Morgan fingerprint density at radius 3 is 2.30 bits per heavy atom. The maximum Gasteiger partial charge on any atom is 0.529 e. The number of hydrogen-bond donors (Lipinski definition) is 0. The number of hydrogen-bond acceptors (Lipinski definition) is 5. The van der Waals surface area contributed by atoms with Crippen LogP contribution in [0.15, 0.2) is 28.9 Å². The summed E-state index contributed by atoms with van der Waals surface area (Å²) in [6.07, 6.45) is 2.94. The highest BCUT2D eigenvalue weighted by molar-refractivity contribution is 6.67. The Hall–Kier alpha value is -1.47. The molecule has 0 saturated heterocycles. The van der Waals surface area contributed by atoms with Crippen molar-refractivity contribution in [3.8, 4) is 0 Å². The summed E-state index contributed by atoms with van der Waals surface area (Å²) in [4.78, 5) is 4.82. The van der Waals surface area contributed by atoms with Crippen LogP contribution in [-0.4, -0.2) is 46.7 Å². The molecule has 0 saturated carbocycles. The van der Waals surface area contributed by atoms with Crippen LogP contribution in [0.25, 0.3) is 6.08 Å². The highest BCUT2D eigenvalue weighted by Crippen LogP contribution is 2.25. The Morgan fingerprint density at radius 2 is 1.74 bits per heavy atom. The van der Waals surface area contributed by atoms with E-state index in [0.717, 1.165) is 17.5 Å². The van der Waals surface area contributed by atoms with Crippen LogP contribution < -0.4 is 0 Å². The Bertz CT molecular complexity index is 668. The molecule has 0 radical (unpaired) electrons. The first kappa shape index (κ1) is 21.8. The Kier molecular flexibility index (Phi) is 7.79. The largest absolute Gasteiger partial charge is 0.529 e. The van der Waals surface area contributed by atoms with E-state index in [0.29, 0.717) is 32.3 Å². The monoisotopic (exact) mass is 391 g/mol. The van der Waals surface area contributed by atoms with Gasteiger partial charge in [0.2, 0.25) is 5.90 Å². The predicted octanol–water partition coefficient (Wildman–Crippen LogP) is 4.54. The highest BCUT2D eigenvalue weighted by atomic mass is 28.4. The average molecular weight is 392 g/mol. The zero-order valence-electron chi connectivity index (χ0n) is 17.5. The van der Waals surface area contributed by atoms with Crippen LogP contribution in [0.4, 0.5) is 0 Å². The lowest BCUT2D eigenvalue weighted by Gasteiger charge is -2.28. The molecule has 1 aliphatic rings. The van der Waals surface area contributed by atoms with Gasteiger partial charge in [-0.1, -0.05) is 23.8 Å². The maximum atomic E-state index is 5.92. The van der Waals surface area contributed by atoms with Crippen LogP contribution in [-0.2, 0) is 18.0 Å². The number of aliphatic imine (C=N–C) groups is 1. The van der Waals surface area contributed by atoms with E-state index in [1.54, 1.807) is 0 Å². The van der Waals surface area contributed by atoms with Gasteiger partial charge in [-0.2, -0.15) is 0 Å². The molecule has 0 fully saturated rings. The molecule has 0 N–H and O–H groups in total. The molecule has 0 aliphatic carbocycles. The van der Waals surface area contributed by atoms with E-state index in [1.807, 2.05) is 32.5 Å². The third-order valence-corrected chi connectivity index (χ3v) is 6.95. The third kappa shape index (κ3) is 6.00. The summed E-state index contributed by atoms with van der Waals surface area (Å²) >= 11 is 0. The molecule has 150 valence electrons. The average Bonchev–Trinajstić information content (AvgIpc) is 2.60. The van der Waals surface area contributed by atoms with Gasteiger partial charge in [-0.25, -0.2) is 4.99 Å². The van der Waals surface area contributed by atoms with Crippen LogP contribution in [0.3, 0.4) is 0 Å². The lowest BCUT2D eigenvalue weighted by Crippen LogP contribution is -2.44. The minimum absolute atomic E-state index is 0.112. The fraction of sp³-hybridized carbons (Fsp3) is 0.571. The summed E-state index contributed by atoms with van der Waals surface area (Å²) in [5.41, 5.74) is 5.03. The van der Waals surface area contributed by atoms with Crippen molar-refractivity contribution in [1.29, 1.82) is 0 Å². The molecule has 1 heterocycles. The molecule has 1 aromatic carbocycles. The summed E-state index contributed by atoms with van der Waals surface area (Å²) in [5, 5.41) is 0. The maximum absolute atomic E-state index is 5.92. The van der Waals surface area contributed by atoms with Gasteiger partial charge < -0.3 is 18.0 Å². The number of aryl methyl sites for hydroxylation is 1. The van der Waals surface area contributed by atoms with Gasteiger partial charge in [0, 0.05) is 31.8 Å². The quantitative estimate of drug-likeness (QED) is 0.580. The fourth-order valence-corrected chi connectivity index (χ4v) is 5.09. The van der Waals surface area contributed by atoms with Crippen molar-refractivity contribution in [2.45, 2.75) is 53.5 Å². The van der Waals surface area contributed by atoms with Gasteiger partial charge in [0.1, 0.15) is 0 Å². The number of nitrogens with zero attached hydrogens (tertiary/aromatic N) is 1. The molecule has 1 aliphatic heterocycles. The lowest BCUT2D eigenvalue weighted by molar-refractivity contribution is 0.0845. The zero-order valence-corrected chi connectivity index (χ0v) is 18.5. The van der Waals surface area contributed by atoms with Crippen LogP contribution in [0, 0.1) is 6.92 Å². The van der Waals surface area contributed by atoms with Crippen LogP contribution in [0.1, 0.15) is 57.7 Å². The smallest absolute Gasteiger partial charge is 0.477 e. The van der Waals surface area contributed by atoms with Crippen molar-refractivity contribution in [3.05, 3.63) is 40.6 Å². The molecule has 0 atom stereocenters. The molecular formula is C21H33NO4Si. The number of benzene rings is 1. The van der Waals surface area contributed by atoms with Crippen molar-refractivity contribution < 1.29 is 18.0 Å². The molecule has 0 spiro atoms. The molecule has 0 amide bonds. The van der Waals surface area contributed by atoms with E-state index in [4.69, 9.17) is 23.0 Å². The van der Waals surface area contributed by atoms with Gasteiger partial charge >= 0.3 is 8.80 Å². The van der Waals surface area contributed by atoms with Gasteiger partial charge in [0.25, 0.3) is 0 Å². The topological polar surface area (TPSA) is 49.3 Å². The summed E-state index contributed by atoms with van der Waals surface area (Å²) in [6, 6.07) is 6.28. The molecule has 6 heteroatoms. The second kappa shape index (κ2) is 9.64. The highest BCUT2D eigenvalue weighted by Gasteiger charge is 2.37. The van der Waals surface area contributed by atoms with Crippen LogP contribution in [0.2, 0.25) is 0 Å².